The number of hydrogen-bond acceptors (Lipinski definition) is 5. The molecule has 1 saturated heterocycles. The topological polar surface area (TPSA) is 48.5 Å². The largest absolute Gasteiger partial charge is 0.351 e. The van der Waals surface area contributed by atoms with Crippen LogP contribution in [0.1, 0.15) is 5.56 Å². The molecule has 0 aliphatic carbocycles. The lowest BCUT2D eigenvalue weighted by molar-refractivity contribution is -0.122. The summed E-state index contributed by atoms with van der Waals surface area (Å²) in [5.74, 6) is 0.0488. The third-order valence-electron chi connectivity index (χ3n) is 3.81. The number of rotatable bonds is 5. The molecule has 0 spiro atoms. The van der Waals surface area contributed by atoms with Crippen LogP contribution in [0.3, 0.4) is 0 Å². The molecule has 2 aromatic rings. The second-order valence-corrected chi connectivity index (χ2v) is 6.79. The van der Waals surface area contributed by atoms with Crippen LogP contribution in [0.4, 0.5) is 5.13 Å². The molecule has 5 nitrogen and oxygen atoms in total. The van der Waals surface area contributed by atoms with Crippen molar-refractivity contribution in [3.63, 3.8) is 0 Å². The molecule has 1 aromatic carbocycles. The first-order chi connectivity index (χ1) is 11.2. The zero-order valence-electron chi connectivity index (χ0n) is 12.7. The molecule has 0 bridgehead atoms. The first-order valence-electron chi connectivity index (χ1n) is 7.58. The van der Waals surface area contributed by atoms with Gasteiger partial charge in [-0.15, -0.1) is 11.3 Å². The number of benzene rings is 1. The van der Waals surface area contributed by atoms with Crippen LogP contribution in [0, 0.1) is 0 Å². The van der Waals surface area contributed by atoms with Crippen molar-refractivity contribution in [2.75, 3.05) is 37.6 Å². The summed E-state index contributed by atoms with van der Waals surface area (Å²) in [6.45, 7) is 4.53. The van der Waals surface area contributed by atoms with Crippen molar-refractivity contribution in [2.24, 2.45) is 0 Å². The summed E-state index contributed by atoms with van der Waals surface area (Å²) in [4.78, 5) is 20.8. The first-order valence-corrected chi connectivity index (χ1v) is 8.84. The Hall–Kier alpha value is -1.63. The lowest BCUT2D eigenvalue weighted by Crippen LogP contribution is -2.49. The van der Waals surface area contributed by atoms with Crippen LogP contribution in [-0.4, -0.2) is 48.5 Å². The van der Waals surface area contributed by atoms with E-state index in [1.807, 2.05) is 35.8 Å². The Kier molecular flexibility index (Phi) is 5.48. The maximum absolute atomic E-state index is 12.1. The predicted octanol–water partition coefficient (Wildman–Crippen LogP) is 2.23. The van der Waals surface area contributed by atoms with Crippen molar-refractivity contribution in [1.29, 1.82) is 0 Å². The number of nitrogens with zero attached hydrogens (tertiary/aromatic N) is 3. The lowest BCUT2D eigenvalue weighted by Gasteiger charge is -2.34. The van der Waals surface area contributed by atoms with Gasteiger partial charge in [-0.05, 0) is 17.7 Å². The molecular weight excluding hydrogens is 332 g/mol. The highest BCUT2D eigenvalue weighted by molar-refractivity contribution is 7.13. The van der Waals surface area contributed by atoms with E-state index < -0.39 is 0 Å². The Morgan fingerprint density at radius 1 is 1.30 bits per heavy atom. The third kappa shape index (κ3) is 4.67. The van der Waals surface area contributed by atoms with E-state index in [-0.39, 0.29) is 5.91 Å². The van der Waals surface area contributed by atoms with Gasteiger partial charge >= 0.3 is 0 Å². The van der Waals surface area contributed by atoms with E-state index in [9.17, 15) is 4.79 Å². The number of nitrogens with one attached hydrogen (secondary N) is 1. The Labute approximate surface area is 144 Å². The van der Waals surface area contributed by atoms with E-state index in [2.05, 4.69) is 20.1 Å². The molecule has 0 unspecified atom stereocenters. The molecule has 1 N–H and O–H groups in total. The maximum atomic E-state index is 12.1. The molecule has 0 radical (unpaired) electrons. The number of piperazine rings is 1. The number of carbonyl (C=O) groups excluding carboxylic acids is 1. The second kappa shape index (κ2) is 7.77. The molecule has 1 aliphatic heterocycles. The van der Waals surface area contributed by atoms with Gasteiger partial charge < -0.3 is 10.2 Å². The van der Waals surface area contributed by atoms with Crippen molar-refractivity contribution < 1.29 is 4.79 Å². The summed E-state index contributed by atoms with van der Waals surface area (Å²) >= 11 is 7.60. The van der Waals surface area contributed by atoms with Crippen molar-refractivity contribution in [1.82, 2.24) is 15.2 Å². The van der Waals surface area contributed by atoms with Crippen molar-refractivity contribution in [3.8, 4) is 0 Å². The van der Waals surface area contributed by atoms with E-state index in [4.69, 9.17) is 11.6 Å². The van der Waals surface area contributed by atoms with Gasteiger partial charge in [0.15, 0.2) is 5.13 Å². The summed E-state index contributed by atoms with van der Waals surface area (Å²) < 4.78 is 0. The van der Waals surface area contributed by atoms with E-state index in [1.54, 1.807) is 11.3 Å². The lowest BCUT2D eigenvalue weighted by atomic mass is 10.2. The molecule has 1 fully saturated rings. The van der Waals surface area contributed by atoms with E-state index >= 15 is 0 Å². The highest BCUT2D eigenvalue weighted by atomic mass is 35.5. The van der Waals surface area contributed by atoms with Crippen molar-refractivity contribution in [3.05, 3.63) is 46.4 Å². The SMILES string of the molecule is O=C(CN1CCN(c2nccs2)CC1)NCc1cccc(Cl)c1. The van der Waals surface area contributed by atoms with Gasteiger partial charge in [-0.2, -0.15) is 0 Å². The van der Waals surface area contributed by atoms with Crippen molar-refractivity contribution >= 4 is 34.0 Å². The third-order valence-corrected chi connectivity index (χ3v) is 4.88. The Balaban J connectivity index is 1.41. The van der Waals surface area contributed by atoms with Crippen LogP contribution in [0.15, 0.2) is 35.8 Å². The molecule has 2 heterocycles. The Morgan fingerprint density at radius 3 is 2.83 bits per heavy atom. The molecule has 1 aromatic heterocycles. The normalized spacial score (nSPS) is 15.6. The van der Waals surface area contributed by atoms with E-state index in [0.717, 1.165) is 36.9 Å². The van der Waals surface area contributed by atoms with Gasteiger partial charge in [-0.3, -0.25) is 9.69 Å². The summed E-state index contributed by atoms with van der Waals surface area (Å²) in [5.41, 5.74) is 1.01. The fraction of sp³-hybridized carbons (Fsp3) is 0.375. The molecular formula is C16H19ClN4OS. The van der Waals surface area contributed by atoms with Gasteiger partial charge in [0.25, 0.3) is 0 Å². The summed E-state index contributed by atoms with van der Waals surface area (Å²) in [6.07, 6.45) is 1.83. The van der Waals surface area contributed by atoms with Gasteiger partial charge in [0.2, 0.25) is 5.91 Å². The van der Waals surface area contributed by atoms with E-state index in [0.29, 0.717) is 18.1 Å². The number of aromatic nitrogens is 1. The zero-order chi connectivity index (χ0) is 16.1. The molecule has 0 saturated carbocycles. The molecule has 122 valence electrons. The number of halogens is 1. The number of amides is 1. The molecule has 1 amide bonds. The molecule has 0 atom stereocenters. The summed E-state index contributed by atoms with van der Waals surface area (Å²) in [6, 6.07) is 7.55. The van der Waals surface area contributed by atoms with Gasteiger partial charge in [0.05, 0.1) is 6.54 Å². The van der Waals surface area contributed by atoms with Gasteiger partial charge in [-0.1, -0.05) is 23.7 Å². The maximum Gasteiger partial charge on any atom is 0.234 e. The van der Waals surface area contributed by atoms with Gasteiger partial charge in [-0.25, -0.2) is 4.98 Å². The molecule has 23 heavy (non-hydrogen) atoms. The minimum absolute atomic E-state index is 0.0488. The van der Waals surface area contributed by atoms with Crippen LogP contribution < -0.4 is 10.2 Å². The second-order valence-electron chi connectivity index (χ2n) is 5.48. The average Bonchev–Trinajstić information content (AvgIpc) is 3.08. The summed E-state index contributed by atoms with van der Waals surface area (Å²) in [5, 5.41) is 6.69. The minimum atomic E-state index is 0.0488. The first kappa shape index (κ1) is 16.2. The van der Waals surface area contributed by atoms with Gasteiger partial charge in [0.1, 0.15) is 0 Å². The Bertz CT molecular complexity index is 641. The fourth-order valence-electron chi connectivity index (χ4n) is 2.58. The number of hydrogen-bond donors (Lipinski definition) is 1. The zero-order valence-corrected chi connectivity index (χ0v) is 14.3. The quantitative estimate of drug-likeness (QED) is 0.898. The van der Waals surface area contributed by atoms with Gasteiger partial charge in [0, 0.05) is 49.3 Å². The van der Waals surface area contributed by atoms with Crippen LogP contribution >= 0.6 is 22.9 Å². The van der Waals surface area contributed by atoms with E-state index in [1.165, 1.54) is 0 Å². The smallest absolute Gasteiger partial charge is 0.234 e. The van der Waals surface area contributed by atoms with Crippen LogP contribution in [0.5, 0.6) is 0 Å². The minimum Gasteiger partial charge on any atom is -0.351 e. The monoisotopic (exact) mass is 350 g/mol. The number of anilines is 1. The van der Waals surface area contributed by atoms with Crippen LogP contribution in [0.25, 0.3) is 0 Å². The Morgan fingerprint density at radius 2 is 2.13 bits per heavy atom. The fourth-order valence-corrected chi connectivity index (χ4v) is 3.49. The number of carbonyl (C=O) groups is 1. The predicted molar refractivity (Wildman–Crippen MR) is 94.1 cm³/mol. The highest BCUT2D eigenvalue weighted by Crippen LogP contribution is 2.18. The highest BCUT2D eigenvalue weighted by Gasteiger charge is 2.20. The van der Waals surface area contributed by atoms with Crippen LogP contribution in [-0.2, 0) is 11.3 Å². The molecule has 3 rings (SSSR count). The number of thiazole rings is 1. The van der Waals surface area contributed by atoms with Crippen LogP contribution in [0.2, 0.25) is 5.02 Å². The average molecular weight is 351 g/mol. The molecule has 1 aliphatic rings. The summed E-state index contributed by atoms with van der Waals surface area (Å²) in [7, 11) is 0. The molecule has 7 heteroatoms. The standard InChI is InChI=1S/C16H19ClN4OS/c17-14-3-1-2-13(10-14)11-19-15(22)12-20-5-7-21(8-6-20)16-18-4-9-23-16/h1-4,9-10H,5-8,11-12H2,(H,19,22). The van der Waals surface area contributed by atoms with Crippen molar-refractivity contribution in [2.45, 2.75) is 6.54 Å².